The molecule has 112 valence electrons. The van der Waals surface area contributed by atoms with E-state index in [1.807, 2.05) is 25.1 Å². The van der Waals surface area contributed by atoms with Crippen LogP contribution >= 0.6 is 0 Å². The van der Waals surface area contributed by atoms with Crippen LogP contribution in [0.3, 0.4) is 0 Å². The van der Waals surface area contributed by atoms with Crippen LogP contribution in [0.1, 0.15) is 39.7 Å². The molecular weight excluding hydrogens is 252 g/mol. The van der Waals surface area contributed by atoms with Crippen molar-refractivity contribution in [3.05, 3.63) is 35.9 Å². The van der Waals surface area contributed by atoms with Crippen LogP contribution in [0.4, 0.5) is 4.79 Å². The van der Waals surface area contributed by atoms with Crippen LogP contribution in [0.2, 0.25) is 0 Å². The number of hydrogen-bond donors (Lipinski definition) is 3. The molecule has 3 N–H and O–H groups in total. The number of amides is 2. The van der Waals surface area contributed by atoms with Crippen LogP contribution in [0.5, 0.6) is 0 Å². The zero-order valence-electron chi connectivity index (χ0n) is 12.8. The van der Waals surface area contributed by atoms with Gasteiger partial charge in [-0.3, -0.25) is 0 Å². The second-order valence-electron chi connectivity index (χ2n) is 5.85. The van der Waals surface area contributed by atoms with Crippen LogP contribution in [-0.2, 0) is 5.41 Å². The smallest absolute Gasteiger partial charge is 0.315 e. The second kappa shape index (κ2) is 7.29. The largest absolute Gasteiger partial charge is 0.393 e. The predicted octanol–water partition coefficient (Wildman–Crippen LogP) is 2.42. The average Bonchev–Trinajstić information content (AvgIpc) is 2.39. The van der Waals surface area contributed by atoms with Crippen molar-refractivity contribution in [1.29, 1.82) is 0 Å². The van der Waals surface area contributed by atoms with E-state index in [1.165, 1.54) is 5.56 Å². The molecule has 1 rings (SSSR count). The number of aliphatic hydroxyl groups is 1. The van der Waals surface area contributed by atoms with Crippen LogP contribution in [-0.4, -0.2) is 29.8 Å². The Bertz CT molecular complexity index is 416. The van der Waals surface area contributed by atoms with Crippen molar-refractivity contribution in [3.63, 3.8) is 0 Å². The molecule has 0 saturated carbocycles. The Morgan fingerprint density at radius 2 is 1.85 bits per heavy atom. The molecule has 4 nitrogen and oxygen atoms in total. The molecule has 20 heavy (non-hydrogen) atoms. The Kier molecular flexibility index (Phi) is 6.02. The Morgan fingerprint density at radius 3 is 2.40 bits per heavy atom. The summed E-state index contributed by atoms with van der Waals surface area (Å²) in [5, 5.41) is 14.9. The third-order valence-electron chi connectivity index (χ3n) is 3.80. The highest BCUT2D eigenvalue weighted by atomic mass is 16.3. The molecule has 0 spiro atoms. The molecule has 1 aromatic carbocycles. The summed E-state index contributed by atoms with van der Waals surface area (Å²) in [4.78, 5) is 11.8. The molecule has 1 aromatic rings. The molecule has 0 heterocycles. The van der Waals surface area contributed by atoms with Crippen LogP contribution in [0.25, 0.3) is 0 Å². The van der Waals surface area contributed by atoms with E-state index in [0.717, 1.165) is 0 Å². The molecule has 0 fully saturated rings. The number of hydrogen-bond acceptors (Lipinski definition) is 2. The molecule has 4 heteroatoms. The standard InChI is InChI=1S/C16H26N2O2/c1-12(19)10-11-17-15(20)18-13(2)16(3,4)14-8-6-5-7-9-14/h5-9,12-13,19H,10-11H2,1-4H3,(H2,17,18,20). The van der Waals surface area contributed by atoms with E-state index < -0.39 is 6.10 Å². The van der Waals surface area contributed by atoms with Gasteiger partial charge in [0.1, 0.15) is 0 Å². The fourth-order valence-electron chi connectivity index (χ4n) is 1.94. The van der Waals surface area contributed by atoms with E-state index in [4.69, 9.17) is 5.11 Å². The van der Waals surface area contributed by atoms with E-state index in [-0.39, 0.29) is 17.5 Å². The number of rotatable bonds is 6. The first-order chi connectivity index (χ1) is 9.34. The molecule has 0 aliphatic carbocycles. The Morgan fingerprint density at radius 1 is 1.25 bits per heavy atom. The first-order valence-corrected chi connectivity index (χ1v) is 7.12. The summed E-state index contributed by atoms with van der Waals surface area (Å²) in [5.41, 5.74) is 1.04. The summed E-state index contributed by atoms with van der Waals surface area (Å²) < 4.78 is 0. The molecule has 2 atom stereocenters. The van der Waals surface area contributed by atoms with Gasteiger partial charge in [0.05, 0.1) is 6.10 Å². The normalized spacial score (nSPS) is 14.4. The van der Waals surface area contributed by atoms with Crippen molar-refractivity contribution in [3.8, 4) is 0 Å². The molecule has 2 amide bonds. The summed E-state index contributed by atoms with van der Waals surface area (Å²) in [7, 11) is 0. The minimum absolute atomic E-state index is 0.00329. The molecule has 2 unspecified atom stereocenters. The van der Waals surface area contributed by atoms with Crippen LogP contribution in [0, 0.1) is 0 Å². The second-order valence-corrected chi connectivity index (χ2v) is 5.85. The lowest BCUT2D eigenvalue weighted by Gasteiger charge is -2.33. The molecule has 0 aromatic heterocycles. The topological polar surface area (TPSA) is 61.4 Å². The maximum absolute atomic E-state index is 11.8. The lowest BCUT2D eigenvalue weighted by atomic mass is 9.78. The van der Waals surface area contributed by atoms with E-state index in [1.54, 1.807) is 6.92 Å². The van der Waals surface area contributed by atoms with Gasteiger partial charge in [-0.25, -0.2) is 4.79 Å². The third-order valence-corrected chi connectivity index (χ3v) is 3.80. The maximum atomic E-state index is 11.8. The van der Waals surface area contributed by atoms with Gasteiger partial charge in [0.2, 0.25) is 0 Å². The van der Waals surface area contributed by atoms with Gasteiger partial charge in [-0.05, 0) is 25.8 Å². The number of carbonyl (C=O) groups is 1. The summed E-state index contributed by atoms with van der Waals surface area (Å²) in [6.45, 7) is 8.41. The Hall–Kier alpha value is -1.55. The van der Waals surface area contributed by atoms with E-state index in [2.05, 4.69) is 36.6 Å². The minimum Gasteiger partial charge on any atom is -0.393 e. The zero-order valence-corrected chi connectivity index (χ0v) is 12.8. The van der Waals surface area contributed by atoms with Crippen molar-refractivity contribution < 1.29 is 9.90 Å². The summed E-state index contributed by atoms with van der Waals surface area (Å²) >= 11 is 0. The van der Waals surface area contributed by atoms with Gasteiger partial charge in [0.15, 0.2) is 0 Å². The van der Waals surface area contributed by atoms with Gasteiger partial charge in [-0.2, -0.15) is 0 Å². The maximum Gasteiger partial charge on any atom is 0.315 e. The molecule has 0 aliphatic heterocycles. The van der Waals surface area contributed by atoms with Gasteiger partial charge in [-0.1, -0.05) is 44.2 Å². The highest BCUT2D eigenvalue weighted by Gasteiger charge is 2.28. The zero-order chi connectivity index (χ0) is 15.2. The van der Waals surface area contributed by atoms with Crippen molar-refractivity contribution in [1.82, 2.24) is 10.6 Å². The van der Waals surface area contributed by atoms with Gasteiger partial charge in [0, 0.05) is 18.0 Å². The molecule has 0 bridgehead atoms. The highest BCUT2D eigenvalue weighted by molar-refractivity contribution is 5.74. The van der Waals surface area contributed by atoms with Gasteiger partial charge in [0.25, 0.3) is 0 Å². The predicted molar refractivity (Wildman–Crippen MR) is 81.8 cm³/mol. The number of aliphatic hydroxyl groups excluding tert-OH is 1. The third kappa shape index (κ3) is 4.85. The van der Waals surface area contributed by atoms with Gasteiger partial charge in [-0.15, -0.1) is 0 Å². The lowest BCUT2D eigenvalue weighted by molar-refractivity contribution is 0.182. The van der Waals surface area contributed by atoms with E-state index in [0.29, 0.717) is 13.0 Å². The fraction of sp³-hybridized carbons (Fsp3) is 0.562. The minimum atomic E-state index is -0.395. The molecule has 0 aliphatic rings. The molecule has 0 radical (unpaired) electrons. The van der Waals surface area contributed by atoms with Crippen LogP contribution < -0.4 is 10.6 Å². The molecule has 0 saturated heterocycles. The van der Waals surface area contributed by atoms with Crippen molar-refractivity contribution in [2.24, 2.45) is 0 Å². The van der Waals surface area contributed by atoms with Crippen molar-refractivity contribution in [2.75, 3.05) is 6.54 Å². The average molecular weight is 278 g/mol. The van der Waals surface area contributed by atoms with Crippen LogP contribution in [0.15, 0.2) is 30.3 Å². The molecular formula is C16H26N2O2. The van der Waals surface area contributed by atoms with Crippen molar-refractivity contribution in [2.45, 2.75) is 51.7 Å². The van der Waals surface area contributed by atoms with E-state index in [9.17, 15) is 4.79 Å². The Balaban J connectivity index is 2.53. The van der Waals surface area contributed by atoms with Crippen molar-refractivity contribution >= 4 is 6.03 Å². The first kappa shape index (κ1) is 16.5. The highest BCUT2D eigenvalue weighted by Crippen LogP contribution is 2.26. The van der Waals surface area contributed by atoms with E-state index >= 15 is 0 Å². The fourth-order valence-corrected chi connectivity index (χ4v) is 1.94. The summed E-state index contributed by atoms with van der Waals surface area (Å²) in [6, 6.07) is 9.95. The first-order valence-electron chi connectivity index (χ1n) is 7.12. The number of carbonyl (C=O) groups excluding carboxylic acids is 1. The SMILES string of the molecule is CC(O)CCNC(=O)NC(C)C(C)(C)c1ccccc1. The Labute approximate surface area is 121 Å². The van der Waals surface area contributed by atoms with Gasteiger partial charge >= 0.3 is 6.03 Å². The number of nitrogens with one attached hydrogen (secondary N) is 2. The summed E-state index contributed by atoms with van der Waals surface area (Å²) in [6.07, 6.45) is 0.164. The lowest BCUT2D eigenvalue weighted by Crippen LogP contribution is -2.49. The summed E-state index contributed by atoms with van der Waals surface area (Å²) in [5.74, 6) is 0. The number of benzene rings is 1. The quantitative estimate of drug-likeness (QED) is 0.748. The monoisotopic (exact) mass is 278 g/mol. The number of urea groups is 1. The van der Waals surface area contributed by atoms with Gasteiger partial charge < -0.3 is 15.7 Å².